The van der Waals surface area contributed by atoms with Crippen LogP contribution in [0.15, 0.2) is 55.1 Å². The predicted octanol–water partition coefficient (Wildman–Crippen LogP) is 2.52. The molecule has 0 amide bonds. The fourth-order valence-corrected chi connectivity index (χ4v) is 5.15. The Morgan fingerprint density at radius 3 is 2.80 bits per heavy atom. The summed E-state index contributed by atoms with van der Waals surface area (Å²) < 4.78 is 13.1. The molecule has 1 unspecified atom stereocenters. The van der Waals surface area contributed by atoms with Crippen molar-refractivity contribution in [3.63, 3.8) is 0 Å². The number of hydrogen-bond acceptors (Lipinski definition) is 8. The fraction of sp³-hybridized carbons (Fsp3) is 0.286. The number of thiazole rings is 1. The van der Waals surface area contributed by atoms with Crippen LogP contribution in [-0.4, -0.2) is 31.2 Å². The van der Waals surface area contributed by atoms with Crippen molar-refractivity contribution in [3.8, 4) is 0 Å². The third-order valence-electron chi connectivity index (χ3n) is 4.66. The maximum absolute atomic E-state index is 13.4. The summed E-state index contributed by atoms with van der Waals surface area (Å²) in [6.07, 6.45) is 1.71. The normalized spacial score (nSPS) is 16.4. The van der Waals surface area contributed by atoms with Crippen molar-refractivity contribution in [2.45, 2.75) is 19.9 Å². The first kappa shape index (κ1) is 20.4. The van der Waals surface area contributed by atoms with E-state index in [0.717, 1.165) is 4.88 Å². The van der Waals surface area contributed by atoms with Crippen LogP contribution in [0.25, 0.3) is 6.08 Å². The van der Waals surface area contributed by atoms with E-state index in [2.05, 4.69) is 4.99 Å². The maximum atomic E-state index is 13.4. The monoisotopic (exact) mass is 443 g/mol. The summed E-state index contributed by atoms with van der Waals surface area (Å²) in [7, 11) is 3.77. The molecule has 0 bridgehead atoms. The van der Waals surface area contributed by atoms with Gasteiger partial charge in [0.15, 0.2) is 10.7 Å². The lowest BCUT2D eigenvalue weighted by Gasteiger charge is -2.23. The van der Waals surface area contributed by atoms with E-state index in [9.17, 15) is 9.59 Å². The van der Waals surface area contributed by atoms with Crippen LogP contribution in [-0.2, 0) is 9.53 Å². The molecule has 1 aliphatic heterocycles. The highest BCUT2D eigenvalue weighted by Gasteiger charge is 2.33. The van der Waals surface area contributed by atoms with Crippen LogP contribution in [0.4, 0.5) is 5.88 Å². The lowest BCUT2D eigenvalue weighted by atomic mass is 10.0. The zero-order valence-electron chi connectivity index (χ0n) is 17.0. The lowest BCUT2D eigenvalue weighted by Crippen LogP contribution is -2.39. The van der Waals surface area contributed by atoms with Crippen molar-refractivity contribution in [2.24, 2.45) is 4.99 Å². The van der Waals surface area contributed by atoms with Gasteiger partial charge in [0.25, 0.3) is 5.56 Å². The highest BCUT2D eigenvalue weighted by Crippen LogP contribution is 2.33. The summed E-state index contributed by atoms with van der Waals surface area (Å²) >= 11 is 2.77. The molecular weight excluding hydrogens is 422 g/mol. The number of allylic oxidation sites excluding steroid dienone is 1. The molecule has 0 N–H and O–H groups in total. The van der Waals surface area contributed by atoms with Gasteiger partial charge in [-0.2, -0.15) is 0 Å². The van der Waals surface area contributed by atoms with Crippen LogP contribution in [0.3, 0.4) is 0 Å². The Hall–Kier alpha value is -2.91. The van der Waals surface area contributed by atoms with Crippen LogP contribution >= 0.6 is 22.7 Å². The topological polar surface area (TPSA) is 77.0 Å². The highest BCUT2D eigenvalue weighted by atomic mass is 32.1. The second kappa shape index (κ2) is 8.08. The van der Waals surface area contributed by atoms with Gasteiger partial charge in [0.1, 0.15) is 11.8 Å². The summed E-state index contributed by atoms with van der Waals surface area (Å²) in [6, 6.07) is 6.93. The number of nitrogens with zero attached hydrogens (tertiary/aromatic N) is 3. The second-order valence-corrected chi connectivity index (χ2v) is 8.88. The van der Waals surface area contributed by atoms with Crippen molar-refractivity contribution in [1.29, 1.82) is 0 Å². The number of fused-ring (bicyclic) bond motifs is 1. The van der Waals surface area contributed by atoms with Crippen LogP contribution in [0.2, 0.25) is 0 Å². The molecule has 3 aromatic rings. The Morgan fingerprint density at radius 2 is 2.17 bits per heavy atom. The molecule has 3 aromatic heterocycles. The van der Waals surface area contributed by atoms with Crippen molar-refractivity contribution < 1.29 is 13.9 Å². The van der Waals surface area contributed by atoms with E-state index >= 15 is 0 Å². The van der Waals surface area contributed by atoms with Gasteiger partial charge in [-0.3, -0.25) is 9.36 Å². The minimum atomic E-state index is -0.559. The van der Waals surface area contributed by atoms with Gasteiger partial charge < -0.3 is 14.1 Å². The largest absolute Gasteiger partial charge is 0.463 e. The number of hydrogen-bond donors (Lipinski definition) is 0. The SMILES string of the molecule is CCOC(=O)C1=C(C)N=c2s/c(=C/c3ccc(N(C)C)o3)c(=O)n2C1c1cccs1. The number of aromatic nitrogens is 1. The smallest absolute Gasteiger partial charge is 0.338 e. The van der Waals surface area contributed by atoms with Crippen LogP contribution in [0.5, 0.6) is 0 Å². The van der Waals surface area contributed by atoms with Crippen LogP contribution < -0.4 is 19.8 Å². The Kier molecular flexibility index (Phi) is 5.48. The first-order chi connectivity index (χ1) is 14.4. The quantitative estimate of drug-likeness (QED) is 0.567. The zero-order valence-corrected chi connectivity index (χ0v) is 18.7. The Labute approximate surface area is 180 Å². The fourth-order valence-electron chi connectivity index (χ4n) is 3.30. The van der Waals surface area contributed by atoms with Crippen molar-refractivity contribution in [1.82, 2.24) is 4.57 Å². The van der Waals surface area contributed by atoms with Crippen molar-refractivity contribution >= 4 is 40.6 Å². The molecule has 4 rings (SSSR count). The van der Waals surface area contributed by atoms with Gasteiger partial charge >= 0.3 is 5.97 Å². The van der Waals surface area contributed by atoms with Gasteiger partial charge in [0.2, 0.25) is 0 Å². The van der Waals surface area contributed by atoms with E-state index in [1.165, 1.54) is 22.7 Å². The zero-order chi connectivity index (χ0) is 21.4. The first-order valence-corrected chi connectivity index (χ1v) is 11.1. The number of ether oxygens (including phenoxy) is 1. The van der Waals surface area contributed by atoms with Gasteiger partial charge in [-0.05, 0) is 31.4 Å². The van der Waals surface area contributed by atoms with Gasteiger partial charge in [-0.15, -0.1) is 11.3 Å². The van der Waals surface area contributed by atoms with Gasteiger partial charge in [-0.25, -0.2) is 9.79 Å². The minimum absolute atomic E-state index is 0.214. The number of anilines is 1. The van der Waals surface area contributed by atoms with E-state index in [1.807, 2.05) is 48.6 Å². The third kappa shape index (κ3) is 3.54. The molecule has 0 saturated heterocycles. The predicted molar refractivity (Wildman–Crippen MR) is 118 cm³/mol. The average Bonchev–Trinajstić information content (AvgIpc) is 3.43. The maximum Gasteiger partial charge on any atom is 0.338 e. The Balaban J connectivity index is 1.90. The van der Waals surface area contributed by atoms with E-state index < -0.39 is 12.0 Å². The molecular formula is C21H21N3O4S2. The molecule has 0 fully saturated rings. The van der Waals surface area contributed by atoms with E-state index in [0.29, 0.717) is 32.2 Å². The molecule has 0 spiro atoms. The van der Waals surface area contributed by atoms with Crippen molar-refractivity contribution in [2.75, 3.05) is 25.6 Å². The van der Waals surface area contributed by atoms with E-state index in [4.69, 9.17) is 9.15 Å². The molecule has 7 nitrogen and oxygen atoms in total. The summed E-state index contributed by atoms with van der Waals surface area (Å²) in [5.41, 5.74) is 0.743. The molecule has 9 heteroatoms. The van der Waals surface area contributed by atoms with Crippen LogP contribution in [0, 0.1) is 0 Å². The van der Waals surface area contributed by atoms with Gasteiger partial charge in [-0.1, -0.05) is 17.4 Å². The number of furan rings is 1. The van der Waals surface area contributed by atoms with Gasteiger partial charge in [0, 0.05) is 31.1 Å². The molecule has 4 heterocycles. The second-order valence-electron chi connectivity index (χ2n) is 6.89. The molecule has 1 atom stereocenters. The van der Waals surface area contributed by atoms with Gasteiger partial charge in [0.05, 0.1) is 22.4 Å². The number of carbonyl (C=O) groups is 1. The molecule has 0 aromatic carbocycles. The molecule has 30 heavy (non-hydrogen) atoms. The van der Waals surface area contributed by atoms with E-state index in [1.54, 1.807) is 24.5 Å². The summed E-state index contributed by atoms with van der Waals surface area (Å²) in [4.78, 5) is 33.9. The standard InChI is InChI=1S/C21H21N3O4S2/c1-5-27-20(26)17-12(2)22-21-24(18(17)14-7-6-10-29-14)19(25)15(30-21)11-13-8-9-16(28-13)23(3)4/h6-11,18H,5H2,1-4H3/b15-11+. The summed E-state index contributed by atoms with van der Waals surface area (Å²) in [5, 5.41) is 1.93. The number of carbonyl (C=O) groups excluding carboxylic acids is 1. The molecule has 1 aliphatic rings. The van der Waals surface area contributed by atoms with Crippen LogP contribution in [0.1, 0.15) is 30.5 Å². The first-order valence-electron chi connectivity index (χ1n) is 9.41. The molecule has 0 saturated carbocycles. The average molecular weight is 444 g/mol. The highest BCUT2D eigenvalue weighted by molar-refractivity contribution is 7.10. The van der Waals surface area contributed by atoms with Crippen molar-refractivity contribution in [3.05, 3.63) is 71.2 Å². The summed E-state index contributed by atoms with van der Waals surface area (Å²) in [5.74, 6) is 0.831. The molecule has 0 radical (unpaired) electrons. The number of thiophene rings is 1. The summed E-state index contributed by atoms with van der Waals surface area (Å²) in [6.45, 7) is 3.79. The number of esters is 1. The Bertz CT molecular complexity index is 1290. The Morgan fingerprint density at radius 1 is 1.37 bits per heavy atom. The minimum Gasteiger partial charge on any atom is -0.463 e. The lowest BCUT2D eigenvalue weighted by molar-refractivity contribution is -0.139. The molecule has 156 valence electrons. The van der Waals surface area contributed by atoms with E-state index in [-0.39, 0.29) is 12.2 Å². The molecule has 0 aliphatic carbocycles. The number of rotatable bonds is 5. The third-order valence-corrected chi connectivity index (χ3v) is 6.56.